The average Bonchev–Trinajstić information content (AvgIpc) is 2.39. The summed E-state index contributed by atoms with van der Waals surface area (Å²) in [5.41, 5.74) is 6.23. The molecule has 0 aliphatic carbocycles. The van der Waals surface area contributed by atoms with Crippen LogP contribution in [0.5, 0.6) is 5.75 Å². The summed E-state index contributed by atoms with van der Waals surface area (Å²) in [6, 6.07) is 8.12. The van der Waals surface area contributed by atoms with Crippen LogP contribution in [0.4, 0.5) is 0 Å². The Morgan fingerprint density at radius 2 is 2.22 bits per heavy atom. The standard InChI is InChI=1S/C15H23NO2/c1-2-8-15(17,11-16)10-12-7-9-18-14-6-4-3-5-13(12)14/h3-6,12,17H,2,7-11,16H2,1H3. The lowest BCUT2D eigenvalue weighted by Gasteiger charge is -2.33. The van der Waals surface area contributed by atoms with Gasteiger partial charge in [0.05, 0.1) is 12.2 Å². The summed E-state index contributed by atoms with van der Waals surface area (Å²) >= 11 is 0. The summed E-state index contributed by atoms with van der Waals surface area (Å²) in [4.78, 5) is 0. The van der Waals surface area contributed by atoms with E-state index in [-0.39, 0.29) is 0 Å². The van der Waals surface area contributed by atoms with Crippen LogP contribution in [-0.4, -0.2) is 23.9 Å². The van der Waals surface area contributed by atoms with Crippen LogP contribution < -0.4 is 10.5 Å². The topological polar surface area (TPSA) is 55.5 Å². The van der Waals surface area contributed by atoms with E-state index in [1.165, 1.54) is 5.56 Å². The van der Waals surface area contributed by atoms with Gasteiger partial charge in [0.2, 0.25) is 0 Å². The van der Waals surface area contributed by atoms with Crippen molar-refractivity contribution in [3.8, 4) is 5.75 Å². The van der Waals surface area contributed by atoms with E-state index in [0.717, 1.165) is 38.0 Å². The summed E-state index contributed by atoms with van der Waals surface area (Å²) in [5.74, 6) is 1.32. The number of benzene rings is 1. The quantitative estimate of drug-likeness (QED) is 0.842. The maximum atomic E-state index is 10.5. The molecule has 0 spiro atoms. The van der Waals surface area contributed by atoms with Crippen molar-refractivity contribution < 1.29 is 9.84 Å². The van der Waals surface area contributed by atoms with Gasteiger partial charge >= 0.3 is 0 Å². The van der Waals surface area contributed by atoms with Gasteiger partial charge in [0.25, 0.3) is 0 Å². The highest BCUT2D eigenvalue weighted by molar-refractivity contribution is 5.37. The van der Waals surface area contributed by atoms with Gasteiger partial charge in [-0.25, -0.2) is 0 Å². The Labute approximate surface area is 109 Å². The monoisotopic (exact) mass is 249 g/mol. The van der Waals surface area contributed by atoms with Crippen molar-refractivity contribution in [1.29, 1.82) is 0 Å². The Morgan fingerprint density at radius 1 is 1.44 bits per heavy atom. The van der Waals surface area contributed by atoms with Gasteiger partial charge in [-0.3, -0.25) is 0 Å². The molecule has 1 aromatic rings. The lowest BCUT2D eigenvalue weighted by Crippen LogP contribution is -2.39. The molecule has 18 heavy (non-hydrogen) atoms. The smallest absolute Gasteiger partial charge is 0.122 e. The molecular weight excluding hydrogens is 226 g/mol. The van der Waals surface area contributed by atoms with Crippen LogP contribution in [-0.2, 0) is 0 Å². The largest absolute Gasteiger partial charge is 0.493 e. The Kier molecular flexibility index (Phi) is 4.25. The van der Waals surface area contributed by atoms with E-state index < -0.39 is 5.60 Å². The Bertz CT molecular complexity index is 394. The first kappa shape index (κ1) is 13.4. The van der Waals surface area contributed by atoms with E-state index in [1.807, 2.05) is 18.2 Å². The minimum atomic E-state index is -0.732. The average molecular weight is 249 g/mol. The fourth-order valence-electron chi connectivity index (χ4n) is 2.84. The third kappa shape index (κ3) is 2.85. The molecule has 1 aliphatic heterocycles. The van der Waals surface area contributed by atoms with Gasteiger partial charge in [-0.15, -0.1) is 0 Å². The number of fused-ring (bicyclic) bond motifs is 1. The van der Waals surface area contributed by atoms with E-state index >= 15 is 0 Å². The SMILES string of the molecule is CCCC(O)(CN)CC1CCOc2ccccc21. The molecule has 0 saturated heterocycles. The van der Waals surface area contributed by atoms with Crippen molar-refractivity contribution >= 4 is 0 Å². The fraction of sp³-hybridized carbons (Fsp3) is 0.600. The lowest BCUT2D eigenvalue weighted by atomic mass is 9.81. The van der Waals surface area contributed by atoms with Crippen molar-refractivity contribution in [2.24, 2.45) is 5.73 Å². The first-order valence-electron chi connectivity index (χ1n) is 6.82. The molecule has 0 bridgehead atoms. The highest BCUT2D eigenvalue weighted by atomic mass is 16.5. The van der Waals surface area contributed by atoms with Gasteiger partial charge < -0.3 is 15.6 Å². The number of rotatable bonds is 5. The predicted molar refractivity (Wildman–Crippen MR) is 72.8 cm³/mol. The van der Waals surface area contributed by atoms with Crippen molar-refractivity contribution in [3.05, 3.63) is 29.8 Å². The van der Waals surface area contributed by atoms with Gasteiger partial charge in [-0.2, -0.15) is 0 Å². The third-order valence-corrected chi connectivity index (χ3v) is 3.80. The summed E-state index contributed by atoms with van der Waals surface area (Å²) in [6.45, 7) is 3.15. The molecule has 0 amide bonds. The molecule has 0 saturated carbocycles. The van der Waals surface area contributed by atoms with Gasteiger partial charge in [-0.05, 0) is 36.8 Å². The van der Waals surface area contributed by atoms with Crippen LogP contribution in [0, 0.1) is 0 Å². The van der Waals surface area contributed by atoms with Gasteiger partial charge in [0.15, 0.2) is 0 Å². The molecular formula is C15H23NO2. The summed E-state index contributed by atoms with van der Waals surface area (Å²) in [7, 11) is 0. The Balaban J connectivity index is 2.15. The second kappa shape index (κ2) is 5.72. The van der Waals surface area contributed by atoms with E-state index in [2.05, 4.69) is 13.0 Å². The van der Waals surface area contributed by atoms with E-state index in [0.29, 0.717) is 12.5 Å². The summed E-state index contributed by atoms with van der Waals surface area (Å²) in [5, 5.41) is 10.5. The zero-order chi connectivity index (χ0) is 13.0. The van der Waals surface area contributed by atoms with E-state index in [4.69, 9.17) is 10.5 Å². The molecule has 0 radical (unpaired) electrons. The van der Waals surface area contributed by atoms with Crippen molar-refractivity contribution in [3.63, 3.8) is 0 Å². The lowest BCUT2D eigenvalue weighted by molar-refractivity contribution is 0.0200. The molecule has 0 fully saturated rings. The zero-order valence-corrected chi connectivity index (χ0v) is 11.1. The molecule has 0 aromatic heterocycles. The number of hydrogen-bond acceptors (Lipinski definition) is 3. The Morgan fingerprint density at radius 3 is 2.94 bits per heavy atom. The van der Waals surface area contributed by atoms with Crippen molar-refractivity contribution in [2.75, 3.05) is 13.2 Å². The predicted octanol–water partition coefficient (Wildman–Crippen LogP) is 2.43. The molecule has 2 rings (SSSR count). The van der Waals surface area contributed by atoms with Gasteiger partial charge in [-0.1, -0.05) is 31.5 Å². The maximum absolute atomic E-state index is 10.5. The Hall–Kier alpha value is -1.06. The van der Waals surface area contributed by atoms with Crippen LogP contribution in [0.25, 0.3) is 0 Å². The molecule has 3 heteroatoms. The highest BCUT2D eigenvalue weighted by Crippen LogP contribution is 2.38. The molecule has 1 aliphatic rings. The van der Waals surface area contributed by atoms with Crippen LogP contribution in [0.2, 0.25) is 0 Å². The number of nitrogens with two attached hydrogens (primary N) is 1. The number of hydrogen-bond donors (Lipinski definition) is 2. The molecule has 3 nitrogen and oxygen atoms in total. The first-order valence-corrected chi connectivity index (χ1v) is 6.82. The third-order valence-electron chi connectivity index (χ3n) is 3.80. The second-order valence-corrected chi connectivity index (χ2v) is 5.25. The number of para-hydroxylation sites is 1. The zero-order valence-electron chi connectivity index (χ0n) is 11.1. The van der Waals surface area contributed by atoms with E-state index in [1.54, 1.807) is 0 Å². The molecule has 2 atom stereocenters. The minimum absolute atomic E-state index is 0.334. The van der Waals surface area contributed by atoms with Gasteiger partial charge in [0, 0.05) is 6.54 Å². The fourth-order valence-corrected chi connectivity index (χ4v) is 2.84. The molecule has 2 unspecified atom stereocenters. The summed E-state index contributed by atoms with van der Waals surface area (Å²) in [6.07, 6.45) is 3.42. The van der Waals surface area contributed by atoms with E-state index in [9.17, 15) is 5.11 Å². The van der Waals surface area contributed by atoms with Crippen molar-refractivity contribution in [1.82, 2.24) is 0 Å². The highest BCUT2D eigenvalue weighted by Gasteiger charge is 2.31. The molecule has 1 heterocycles. The molecule has 100 valence electrons. The number of ether oxygens (including phenoxy) is 1. The minimum Gasteiger partial charge on any atom is -0.493 e. The van der Waals surface area contributed by atoms with Crippen LogP contribution >= 0.6 is 0 Å². The maximum Gasteiger partial charge on any atom is 0.122 e. The summed E-state index contributed by atoms with van der Waals surface area (Å²) < 4.78 is 5.65. The first-order chi connectivity index (χ1) is 8.68. The molecule has 3 N–H and O–H groups in total. The van der Waals surface area contributed by atoms with Gasteiger partial charge in [0.1, 0.15) is 5.75 Å². The van der Waals surface area contributed by atoms with Crippen LogP contribution in [0.3, 0.4) is 0 Å². The van der Waals surface area contributed by atoms with Crippen LogP contribution in [0.15, 0.2) is 24.3 Å². The van der Waals surface area contributed by atoms with Crippen molar-refractivity contribution in [2.45, 2.75) is 44.1 Å². The normalized spacial score (nSPS) is 21.8. The van der Waals surface area contributed by atoms with Crippen LogP contribution in [0.1, 0.15) is 44.1 Å². The number of aliphatic hydroxyl groups is 1. The molecule has 1 aromatic carbocycles. The second-order valence-electron chi connectivity index (χ2n) is 5.25.